The monoisotopic (exact) mass is 513 g/mol. The number of amides is 2. The number of hydrazone groups is 1. The first-order valence-corrected chi connectivity index (χ1v) is 9.85. The molecule has 2 amide bonds. The molecule has 2 aromatic rings. The number of rotatable bonds is 6. The van der Waals surface area contributed by atoms with Gasteiger partial charge in [0.1, 0.15) is 17.6 Å². The molecule has 0 aromatic heterocycles. The quantitative estimate of drug-likeness (QED) is 0.402. The van der Waals surface area contributed by atoms with Crippen molar-refractivity contribution in [2.75, 3.05) is 0 Å². The van der Waals surface area contributed by atoms with Crippen molar-refractivity contribution in [1.82, 2.24) is 10.7 Å². The second-order valence-corrected chi connectivity index (χ2v) is 7.95. The van der Waals surface area contributed by atoms with Gasteiger partial charge in [-0.25, -0.2) is 9.82 Å². The van der Waals surface area contributed by atoms with Gasteiger partial charge < -0.3 is 10.4 Å². The molecule has 2 rings (SSSR count). The summed E-state index contributed by atoms with van der Waals surface area (Å²) < 4.78 is 14.7. The van der Waals surface area contributed by atoms with E-state index in [1.165, 1.54) is 24.4 Å². The van der Waals surface area contributed by atoms with Crippen molar-refractivity contribution in [2.24, 2.45) is 11.0 Å². The zero-order valence-corrected chi connectivity index (χ0v) is 18.2. The predicted octanol–water partition coefficient (Wildman–Crippen LogP) is 3.96. The Bertz CT molecular complexity index is 896. The summed E-state index contributed by atoms with van der Waals surface area (Å²) >= 11 is 6.42. The van der Waals surface area contributed by atoms with Gasteiger partial charge in [-0.3, -0.25) is 9.59 Å². The number of carbonyl (C=O) groups is 2. The minimum absolute atomic E-state index is 0.0527. The van der Waals surface area contributed by atoms with E-state index < -0.39 is 23.7 Å². The summed E-state index contributed by atoms with van der Waals surface area (Å²) in [5.41, 5.74) is 2.85. The maximum absolute atomic E-state index is 13.8. The number of hydrogen-bond donors (Lipinski definition) is 3. The Balaban J connectivity index is 2.07. The average Bonchev–Trinajstić information content (AvgIpc) is 2.63. The number of halogens is 3. The van der Waals surface area contributed by atoms with E-state index in [0.717, 1.165) is 0 Å². The van der Waals surface area contributed by atoms with Gasteiger partial charge in [0, 0.05) is 0 Å². The minimum atomic E-state index is -0.900. The summed E-state index contributed by atoms with van der Waals surface area (Å²) in [7, 11) is 0. The molecule has 0 saturated carbocycles. The zero-order valence-electron chi connectivity index (χ0n) is 15.0. The van der Waals surface area contributed by atoms with Crippen LogP contribution in [-0.4, -0.2) is 29.2 Å². The Morgan fingerprint density at radius 3 is 2.36 bits per heavy atom. The molecule has 9 heteroatoms. The van der Waals surface area contributed by atoms with Gasteiger partial charge >= 0.3 is 0 Å². The lowest BCUT2D eigenvalue weighted by Crippen LogP contribution is -2.48. The number of benzene rings is 2. The summed E-state index contributed by atoms with van der Waals surface area (Å²) in [5.74, 6) is -2.07. The molecule has 28 heavy (non-hydrogen) atoms. The van der Waals surface area contributed by atoms with Crippen LogP contribution in [0.4, 0.5) is 4.39 Å². The van der Waals surface area contributed by atoms with Crippen molar-refractivity contribution in [3.05, 3.63) is 62.3 Å². The van der Waals surface area contributed by atoms with E-state index in [9.17, 15) is 19.1 Å². The van der Waals surface area contributed by atoms with Crippen molar-refractivity contribution >= 4 is 49.9 Å². The Morgan fingerprint density at radius 2 is 1.79 bits per heavy atom. The van der Waals surface area contributed by atoms with Crippen molar-refractivity contribution in [3.63, 3.8) is 0 Å². The number of phenols is 1. The maximum atomic E-state index is 13.8. The molecule has 0 saturated heterocycles. The van der Waals surface area contributed by atoms with Crippen LogP contribution in [0.1, 0.15) is 29.8 Å². The Morgan fingerprint density at radius 1 is 1.18 bits per heavy atom. The van der Waals surface area contributed by atoms with Crippen LogP contribution in [0.5, 0.6) is 5.75 Å². The van der Waals surface area contributed by atoms with E-state index in [0.29, 0.717) is 14.5 Å². The molecule has 0 aliphatic carbocycles. The fourth-order valence-corrected chi connectivity index (χ4v) is 3.52. The molecule has 0 bridgehead atoms. The molecule has 0 fully saturated rings. The zero-order chi connectivity index (χ0) is 20.8. The van der Waals surface area contributed by atoms with E-state index in [-0.39, 0.29) is 17.2 Å². The van der Waals surface area contributed by atoms with E-state index >= 15 is 0 Å². The van der Waals surface area contributed by atoms with E-state index in [1.54, 1.807) is 32.0 Å². The third kappa shape index (κ3) is 5.62. The van der Waals surface area contributed by atoms with Crippen LogP contribution in [0.2, 0.25) is 0 Å². The van der Waals surface area contributed by atoms with Crippen LogP contribution >= 0.6 is 31.9 Å². The highest BCUT2D eigenvalue weighted by Gasteiger charge is 2.25. The van der Waals surface area contributed by atoms with Crippen molar-refractivity contribution < 1.29 is 19.1 Å². The lowest BCUT2D eigenvalue weighted by atomic mass is 10.0. The van der Waals surface area contributed by atoms with Gasteiger partial charge in [0.05, 0.1) is 20.7 Å². The number of hydrogen-bond acceptors (Lipinski definition) is 4. The molecule has 1 atom stereocenters. The average molecular weight is 515 g/mol. The van der Waals surface area contributed by atoms with Crippen LogP contribution in [0.25, 0.3) is 0 Å². The molecule has 1 unspecified atom stereocenters. The van der Waals surface area contributed by atoms with Gasteiger partial charge in [0.2, 0.25) is 0 Å². The first kappa shape index (κ1) is 22.0. The predicted molar refractivity (Wildman–Crippen MR) is 112 cm³/mol. The topological polar surface area (TPSA) is 90.8 Å². The normalized spacial score (nSPS) is 12.2. The van der Waals surface area contributed by atoms with Gasteiger partial charge in [0.15, 0.2) is 0 Å². The first-order chi connectivity index (χ1) is 13.2. The number of carbonyl (C=O) groups excluding carboxylic acids is 2. The van der Waals surface area contributed by atoms with Gasteiger partial charge in [-0.05, 0) is 67.6 Å². The molecule has 0 radical (unpaired) electrons. The third-order valence-corrected chi connectivity index (χ3v) is 4.99. The molecule has 0 aliphatic rings. The summed E-state index contributed by atoms with van der Waals surface area (Å²) in [6, 6.07) is 7.89. The third-order valence-electron chi connectivity index (χ3n) is 3.78. The smallest absolute Gasteiger partial charge is 0.262 e. The molecule has 0 spiro atoms. The molecular formula is C19H18Br2FN3O3. The summed E-state index contributed by atoms with van der Waals surface area (Å²) in [6.45, 7) is 3.51. The van der Waals surface area contributed by atoms with E-state index in [2.05, 4.69) is 47.7 Å². The lowest BCUT2D eigenvalue weighted by Gasteiger charge is -2.20. The fraction of sp³-hybridized carbons (Fsp3) is 0.211. The molecular weight excluding hydrogens is 497 g/mol. The second kappa shape index (κ2) is 9.79. The maximum Gasteiger partial charge on any atom is 0.262 e. The molecule has 3 N–H and O–H groups in total. The number of nitrogens with zero attached hydrogens (tertiary/aromatic N) is 1. The number of nitrogens with one attached hydrogen (secondary N) is 2. The van der Waals surface area contributed by atoms with E-state index in [1.807, 2.05) is 0 Å². The van der Waals surface area contributed by atoms with Crippen molar-refractivity contribution in [3.8, 4) is 5.75 Å². The molecule has 2 aromatic carbocycles. The number of aromatic hydroxyl groups is 1. The van der Waals surface area contributed by atoms with Gasteiger partial charge in [-0.2, -0.15) is 5.10 Å². The fourth-order valence-electron chi connectivity index (χ4n) is 2.30. The minimum Gasteiger partial charge on any atom is -0.506 e. The van der Waals surface area contributed by atoms with E-state index in [4.69, 9.17) is 0 Å². The van der Waals surface area contributed by atoms with Crippen molar-refractivity contribution in [1.29, 1.82) is 0 Å². The lowest BCUT2D eigenvalue weighted by molar-refractivity contribution is -0.123. The molecule has 0 aliphatic heterocycles. The van der Waals surface area contributed by atoms with Gasteiger partial charge in [-0.1, -0.05) is 26.0 Å². The molecule has 6 nitrogen and oxygen atoms in total. The Kier molecular flexibility index (Phi) is 7.70. The SMILES string of the molecule is CC(C)C(NC(=O)c1ccccc1F)C(=O)N/N=C/c1cc(Br)c(O)c(Br)c1. The standard InChI is InChI=1S/C19H18Br2FN3O3/c1-10(2)16(24-18(27)12-5-3-4-6-15(12)22)19(28)25-23-9-11-7-13(20)17(26)14(21)8-11/h3-10,16,26H,1-2H3,(H,24,27)(H,25,28)/b23-9+. The largest absolute Gasteiger partial charge is 0.506 e. The highest BCUT2D eigenvalue weighted by atomic mass is 79.9. The highest BCUT2D eigenvalue weighted by Crippen LogP contribution is 2.32. The van der Waals surface area contributed by atoms with Gasteiger partial charge in [0.25, 0.3) is 11.8 Å². The highest BCUT2D eigenvalue weighted by molar-refractivity contribution is 9.11. The number of phenolic OH excluding ortho intramolecular Hbond substituents is 1. The van der Waals surface area contributed by atoms with Crippen LogP contribution < -0.4 is 10.7 Å². The Labute approximate surface area is 178 Å². The van der Waals surface area contributed by atoms with Crippen LogP contribution in [-0.2, 0) is 4.79 Å². The van der Waals surface area contributed by atoms with Gasteiger partial charge in [-0.15, -0.1) is 0 Å². The summed E-state index contributed by atoms with van der Waals surface area (Å²) in [5, 5.41) is 16.1. The molecule has 148 valence electrons. The summed E-state index contributed by atoms with van der Waals surface area (Å²) in [4.78, 5) is 24.7. The van der Waals surface area contributed by atoms with Crippen LogP contribution in [0.3, 0.4) is 0 Å². The van der Waals surface area contributed by atoms with Crippen molar-refractivity contribution in [2.45, 2.75) is 19.9 Å². The second-order valence-electron chi connectivity index (χ2n) is 6.24. The van der Waals surface area contributed by atoms with Crippen LogP contribution in [0, 0.1) is 11.7 Å². The first-order valence-electron chi connectivity index (χ1n) is 8.27. The Hall–Kier alpha value is -2.26. The summed E-state index contributed by atoms with van der Waals surface area (Å²) in [6.07, 6.45) is 1.39. The molecule has 0 heterocycles. The van der Waals surface area contributed by atoms with Crippen LogP contribution in [0.15, 0.2) is 50.4 Å².